The predicted molar refractivity (Wildman–Crippen MR) is 63.6 cm³/mol. The SMILES string of the molecule is O=C(NCC1COCCO1)C1CNC1.O=C(O)C(F)(F)F. The molecule has 0 spiro atoms. The summed E-state index contributed by atoms with van der Waals surface area (Å²) < 4.78 is 42.4. The number of carboxylic acids is 1. The molecule has 0 aliphatic carbocycles. The van der Waals surface area contributed by atoms with Crippen LogP contribution in [0.25, 0.3) is 0 Å². The van der Waals surface area contributed by atoms with Gasteiger partial charge in [-0.3, -0.25) is 4.79 Å². The van der Waals surface area contributed by atoms with Crippen molar-refractivity contribution in [2.75, 3.05) is 39.5 Å². The zero-order chi connectivity index (χ0) is 15.9. The number of hydrogen-bond acceptors (Lipinski definition) is 5. The number of carboxylic acid groups (broad SMARTS) is 1. The summed E-state index contributed by atoms with van der Waals surface area (Å²) in [4.78, 5) is 20.3. The van der Waals surface area contributed by atoms with E-state index in [1.54, 1.807) is 0 Å². The summed E-state index contributed by atoms with van der Waals surface area (Å²) in [6.45, 7) is 4.04. The van der Waals surface area contributed by atoms with Gasteiger partial charge in [-0.15, -0.1) is 0 Å². The molecule has 0 aromatic heterocycles. The summed E-state index contributed by atoms with van der Waals surface area (Å²) in [6, 6.07) is 0. The maximum Gasteiger partial charge on any atom is 0.490 e. The van der Waals surface area contributed by atoms with Crippen LogP contribution in [0.2, 0.25) is 0 Å². The van der Waals surface area contributed by atoms with E-state index >= 15 is 0 Å². The third kappa shape index (κ3) is 6.74. The number of nitrogens with one attached hydrogen (secondary N) is 2. The van der Waals surface area contributed by atoms with E-state index in [9.17, 15) is 18.0 Å². The molecule has 2 aliphatic heterocycles. The normalized spacial score (nSPS) is 22.5. The van der Waals surface area contributed by atoms with Crippen molar-refractivity contribution in [1.29, 1.82) is 0 Å². The van der Waals surface area contributed by atoms with Crippen LogP contribution in [0.5, 0.6) is 0 Å². The fraction of sp³-hybridized carbons (Fsp3) is 0.818. The molecule has 2 rings (SSSR count). The van der Waals surface area contributed by atoms with Crippen molar-refractivity contribution in [3.8, 4) is 0 Å². The molecule has 3 N–H and O–H groups in total. The third-order valence-corrected chi connectivity index (χ3v) is 2.78. The first-order chi connectivity index (χ1) is 9.80. The molecule has 10 heteroatoms. The van der Waals surface area contributed by atoms with E-state index in [4.69, 9.17) is 19.4 Å². The van der Waals surface area contributed by atoms with Crippen LogP contribution in [0, 0.1) is 5.92 Å². The minimum Gasteiger partial charge on any atom is -0.475 e. The second-order valence-electron chi connectivity index (χ2n) is 4.47. The zero-order valence-corrected chi connectivity index (χ0v) is 11.1. The summed E-state index contributed by atoms with van der Waals surface area (Å²) >= 11 is 0. The zero-order valence-electron chi connectivity index (χ0n) is 11.1. The number of alkyl halides is 3. The van der Waals surface area contributed by atoms with Gasteiger partial charge in [0.15, 0.2) is 0 Å². The number of halogens is 3. The molecule has 1 unspecified atom stereocenters. The fourth-order valence-electron chi connectivity index (χ4n) is 1.49. The maximum atomic E-state index is 11.4. The first kappa shape index (κ1) is 17.7. The van der Waals surface area contributed by atoms with Gasteiger partial charge in [0.2, 0.25) is 5.91 Å². The number of ether oxygens (including phenoxy) is 2. The van der Waals surface area contributed by atoms with Gasteiger partial charge in [-0.2, -0.15) is 13.2 Å². The second-order valence-corrected chi connectivity index (χ2v) is 4.47. The van der Waals surface area contributed by atoms with E-state index in [0.29, 0.717) is 26.4 Å². The van der Waals surface area contributed by atoms with Crippen LogP contribution < -0.4 is 10.6 Å². The van der Waals surface area contributed by atoms with Crippen molar-refractivity contribution in [1.82, 2.24) is 10.6 Å². The summed E-state index contributed by atoms with van der Waals surface area (Å²) in [5, 5.41) is 13.1. The molecule has 21 heavy (non-hydrogen) atoms. The van der Waals surface area contributed by atoms with E-state index in [0.717, 1.165) is 13.1 Å². The molecule has 7 nitrogen and oxygen atoms in total. The van der Waals surface area contributed by atoms with Gasteiger partial charge in [0, 0.05) is 19.6 Å². The van der Waals surface area contributed by atoms with Gasteiger partial charge in [0.25, 0.3) is 0 Å². The highest BCUT2D eigenvalue weighted by molar-refractivity contribution is 5.80. The van der Waals surface area contributed by atoms with Crippen LogP contribution in [-0.4, -0.2) is 68.7 Å². The van der Waals surface area contributed by atoms with Gasteiger partial charge >= 0.3 is 12.1 Å². The number of carbonyl (C=O) groups is 2. The minimum absolute atomic E-state index is 0.0285. The van der Waals surface area contributed by atoms with Crippen LogP contribution in [-0.2, 0) is 19.1 Å². The van der Waals surface area contributed by atoms with Crippen LogP contribution >= 0.6 is 0 Å². The van der Waals surface area contributed by atoms with Gasteiger partial charge in [-0.05, 0) is 0 Å². The largest absolute Gasteiger partial charge is 0.490 e. The molecule has 2 heterocycles. The van der Waals surface area contributed by atoms with Crippen LogP contribution in [0.4, 0.5) is 13.2 Å². The van der Waals surface area contributed by atoms with Gasteiger partial charge in [-0.25, -0.2) is 4.79 Å². The summed E-state index contributed by atoms with van der Waals surface area (Å²) in [5.41, 5.74) is 0. The standard InChI is InChI=1S/C9H16N2O3.C2HF3O2/c12-9(7-3-10-4-7)11-5-8-6-13-1-2-14-8;3-2(4,5)1(6)7/h7-8,10H,1-6H2,(H,11,12);(H,6,7). The number of aliphatic carboxylic acids is 1. The highest BCUT2D eigenvalue weighted by Crippen LogP contribution is 2.13. The number of rotatable bonds is 3. The van der Waals surface area contributed by atoms with Crippen molar-refractivity contribution >= 4 is 11.9 Å². The molecule has 2 fully saturated rings. The van der Waals surface area contributed by atoms with Crippen molar-refractivity contribution in [3.63, 3.8) is 0 Å². The Balaban J connectivity index is 0.000000270. The Morgan fingerprint density at radius 3 is 2.29 bits per heavy atom. The Kier molecular flexibility index (Phi) is 6.85. The maximum absolute atomic E-state index is 11.4. The molecule has 0 aromatic rings. The number of hydrogen-bond donors (Lipinski definition) is 3. The van der Waals surface area contributed by atoms with Crippen LogP contribution in [0.1, 0.15) is 0 Å². The summed E-state index contributed by atoms with van der Waals surface area (Å²) in [7, 11) is 0. The lowest BCUT2D eigenvalue weighted by Gasteiger charge is -2.28. The van der Waals surface area contributed by atoms with E-state index < -0.39 is 12.1 Å². The fourth-order valence-corrected chi connectivity index (χ4v) is 1.49. The molecule has 2 saturated heterocycles. The van der Waals surface area contributed by atoms with Crippen molar-refractivity contribution in [2.24, 2.45) is 5.92 Å². The lowest BCUT2D eigenvalue weighted by atomic mass is 10.0. The molecule has 0 bridgehead atoms. The molecule has 2 aliphatic rings. The average Bonchev–Trinajstić information content (AvgIpc) is 2.35. The average molecular weight is 314 g/mol. The molecule has 0 radical (unpaired) electrons. The van der Waals surface area contributed by atoms with Gasteiger partial charge < -0.3 is 25.2 Å². The van der Waals surface area contributed by atoms with Gasteiger partial charge in [0.1, 0.15) is 0 Å². The molecule has 0 aromatic carbocycles. The van der Waals surface area contributed by atoms with Crippen LogP contribution in [0.3, 0.4) is 0 Å². The monoisotopic (exact) mass is 314 g/mol. The lowest BCUT2D eigenvalue weighted by molar-refractivity contribution is -0.192. The predicted octanol–water partition coefficient (Wildman–Crippen LogP) is -0.629. The van der Waals surface area contributed by atoms with Crippen LogP contribution in [0.15, 0.2) is 0 Å². The number of carbonyl (C=O) groups excluding carboxylic acids is 1. The Morgan fingerprint density at radius 2 is 1.90 bits per heavy atom. The quantitative estimate of drug-likeness (QED) is 0.642. The van der Waals surface area contributed by atoms with Crippen molar-refractivity contribution in [3.05, 3.63) is 0 Å². The topological polar surface area (TPSA) is 96.9 Å². The Bertz CT molecular complexity index is 354. The molecule has 1 atom stereocenters. The first-order valence-corrected chi connectivity index (χ1v) is 6.28. The second kappa shape index (κ2) is 8.15. The minimum atomic E-state index is -5.08. The molecule has 0 saturated carbocycles. The highest BCUT2D eigenvalue weighted by atomic mass is 19.4. The van der Waals surface area contributed by atoms with Gasteiger partial charge in [0.05, 0.1) is 31.8 Å². The first-order valence-electron chi connectivity index (χ1n) is 6.28. The van der Waals surface area contributed by atoms with E-state index in [2.05, 4.69) is 10.6 Å². The Hall–Kier alpha value is -1.39. The van der Waals surface area contributed by atoms with E-state index in [1.165, 1.54) is 0 Å². The van der Waals surface area contributed by atoms with Gasteiger partial charge in [-0.1, -0.05) is 0 Å². The van der Waals surface area contributed by atoms with Crippen molar-refractivity contribution in [2.45, 2.75) is 12.3 Å². The van der Waals surface area contributed by atoms with Crippen molar-refractivity contribution < 1.29 is 37.3 Å². The van der Waals surface area contributed by atoms with E-state index in [-0.39, 0.29) is 17.9 Å². The smallest absolute Gasteiger partial charge is 0.475 e. The molecule has 122 valence electrons. The highest BCUT2D eigenvalue weighted by Gasteiger charge is 2.38. The lowest BCUT2D eigenvalue weighted by Crippen LogP contribution is -2.52. The molecular weight excluding hydrogens is 297 g/mol. The summed E-state index contributed by atoms with van der Waals surface area (Å²) in [5.74, 6) is -2.48. The third-order valence-electron chi connectivity index (χ3n) is 2.78. The Morgan fingerprint density at radius 1 is 1.29 bits per heavy atom. The molecule has 1 amide bonds. The molecular formula is C11H17F3N2O5. The summed E-state index contributed by atoms with van der Waals surface area (Å²) in [6.07, 6.45) is -5.05. The van der Waals surface area contributed by atoms with E-state index in [1.807, 2.05) is 0 Å². The number of amides is 1. The Labute approximate surface area is 118 Å².